The maximum Gasteiger partial charge on any atom is 0.126 e. The lowest BCUT2D eigenvalue weighted by atomic mass is 10.0. The number of hydrogen-bond acceptors (Lipinski definition) is 2. The first-order valence-corrected chi connectivity index (χ1v) is 5.27. The highest BCUT2D eigenvalue weighted by molar-refractivity contribution is 6.30. The molecule has 0 saturated heterocycles. The summed E-state index contributed by atoms with van der Waals surface area (Å²) < 4.78 is 18.6. The highest BCUT2D eigenvalue weighted by Gasteiger charge is 2.12. The van der Waals surface area contributed by atoms with E-state index >= 15 is 0 Å². The first kappa shape index (κ1) is 11.2. The molecule has 0 spiro atoms. The molecule has 1 unspecified atom stereocenters. The second-order valence-electron chi connectivity index (χ2n) is 3.56. The van der Waals surface area contributed by atoms with Gasteiger partial charge in [-0.2, -0.15) is 0 Å². The molecule has 1 heterocycles. The molecule has 2 aromatic rings. The Morgan fingerprint density at radius 2 is 2.19 bits per heavy atom. The van der Waals surface area contributed by atoms with Gasteiger partial charge in [0.05, 0.1) is 12.3 Å². The van der Waals surface area contributed by atoms with Crippen molar-refractivity contribution in [2.45, 2.75) is 12.5 Å². The minimum Gasteiger partial charge on any atom is -0.468 e. The molecule has 16 heavy (non-hydrogen) atoms. The minimum atomic E-state index is -0.358. The van der Waals surface area contributed by atoms with Gasteiger partial charge < -0.3 is 10.2 Å². The summed E-state index contributed by atoms with van der Waals surface area (Å²) in [4.78, 5) is 0. The Morgan fingerprint density at radius 1 is 1.38 bits per heavy atom. The standard InChI is InChI=1S/C12H11ClFNO/c13-9-3-4-10(14)8(6-9)7-11(15)12-2-1-5-16-12/h1-6,11H,7,15H2. The van der Waals surface area contributed by atoms with E-state index in [2.05, 4.69) is 0 Å². The third-order valence-corrected chi connectivity index (χ3v) is 2.59. The number of halogens is 2. The number of hydrogen-bond donors (Lipinski definition) is 1. The minimum absolute atomic E-state index is 0.300. The van der Waals surface area contributed by atoms with Crippen molar-refractivity contribution >= 4 is 11.6 Å². The van der Waals surface area contributed by atoms with E-state index in [4.69, 9.17) is 21.8 Å². The first-order valence-electron chi connectivity index (χ1n) is 4.89. The Balaban J connectivity index is 2.17. The molecule has 1 aromatic heterocycles. The third-order valence-electron chi connectivity index (χ3n) is 2.36. The van der Waals surface area contributed by atoms with Crippen molar-refractivity contribution in [3.05, 3.63) is 58.8 Å². The second kappa shape index (κ2) is 4.68. The summed E-state index contributed by atoms with van der Waals surface area (Å²) in [5, 5.41) is 0.503. The Labute approximate surface area is 97.8 Å². The van der Waals surface area contributed by atoms with Crippen molar-refractivity contribution < 1.29 is 8.81 Å². The van der Waals surface area contributed by atoms with Gasteiger partial charge in [-0.1, -0.05) is 11.6 Å². The fraction of sp³-hybridized carbons (Fsp3) is 0.167. The molecule has 0 aliphatic carbocycles. The van der Waals surface area contributed by atoms with Gasteiger partial charge in [-0.15, -0.1) is 0 Å². The van der Waals surface area contributed by atoms with Crippen molar-refractivity contribution in [3.8, 4) is 0 Å². The Kier molecular flexibility index (Phi) is 3.27. The van der Waals surface area contributed by atoms with E-state index in [0.29, 0.717) is 22.8 Å². The molecular weight excluding hydrogens is 229 g/mol. The van der Waals surface area contributed by atoms with Crippen LogP contribution in [0, 0.1) is 5.82 Å². The normalized spacial score (nSPS) is 12.7. The van der Waals surface area contributed by atoms with E-state index in [1.54, 1.807) is 24.5 Å². The summed E-state index contributed by atoms with van der Waals surface area (Å²) in [6, 6.07) is 7.60. The summed E-state index contributed by atoms with van der Waals surface area (Å²) in [5.41, 5.74) is 6.38. The average molecular weight is 240 g/mol. The lowest BCUT2D eigenvalue weighted by molar-refractivity contribution is 0.460. The lowest BCUT2D eigenvalue weighted by Gasteiger charge is -2.09. The molecule has 2 N–H and O–H groups in total. The molecule has 1 atom stereocenters. The molecule has 0 saturated carbocycles. The zero-order valence-corrected chi connectivity index (χ0v) is 9.25. The van der Waals surface area contributed by atoms with E-state index in [0.717, 1.165) is 0 Å². The largest absolute Gasteiger partial charge is 0.468 e. The fourth-order valence-corrected chi connectivity index (χ4v) is 1.73. The number of furan rings is 1. The van der Waals surface area contributed by atoms with Gasteiger partial charge in [0.1, 0.15) is 11.6 Å². The van der Waals surface area contributed by atoms with Crippen LogP contribution in [-0.4, -0.2) is 0 Å². The van der Waals surface area contributed by atoms with Crippen LogP contribution >= 0.6 is 11.6 Å². The van der Waals surface area contributed by atoms with Crippen molar-refractivity contribution in [2.75, 3.05) is 0 Å². The zero-order valence-electron chi connectivity index (χ0n) is 8.49. The SMILES string of the molecule is NC(Cc1cc(Cl)ccc1F)c1ccco1. The second-order valence-corrected chi connectivity index (χ2v) is 4.00. The molecular formula is C12H11ClFNO. The first-order chi connectivity index (χ1) is 7.66. The predicted molar refractivity (Wildman–Crippen MR) is 60.8 cm³/mol. The molecule has 0 radical (unpaired) electrons. The predicted octanol–water partition coefficient (Wildman–Crippen LogP) is 3.31. The number of benzene rings is 1. The van der Waals surface area contributed by atoms with Gasteiger partial charge >= 0.3 is 0 Å². The van der Waals surface area contributed by atoms with E-state index < -0.39 is 0 Å². The van der Waals surface area contributed by atoms with Gasteiger partial charge in [-0.05, 0) is 42.3 Å². The summed E-state index contributed by atoms with van der Waals surface area (Å²) in [6.45, 7) is 0. The van der Waals surface area contributed by atoms with Crippen molar-refractivity contribution in [2.24, 2.45) is 5.73 Å². The van der Waals surface area contributed by atoms with Crippen LogP contribution in [0.1, 0.15) is 17.4 Å². The average Bonchev–Trinajstić information content (AvgIpc) is 2.76. The van der Waals surface area contributed by atoms with Crippen LogP contribution in [0.3, 0.4) is 0 Å². The maximum atomic E-state index is 13.4. The zero-order chi connectivity index (χ0) is 11.5. The van der Waals surface area contributed by atoms with Gasteiger partial charge in [0, 0.05) is 5.02 Å². The quantitative estimate of drug-likeness (QED) is 0.893. The molecule has 0 aliphatic rings. The van der Waals surface area contributed by atoms with Gasteiger partial charge in [0.15, 0.2) is 0 Å². The van der Waals surface area contributed by atoms with Crippen LogP contribution in [0.25, 0.3) is 0 Å². The molecule has 0 aliphatic heterocycles. The highest BCUT2D eigenvalue weighted by atomic mass is 35.5. The highest BCUT2D eigenvalue weighted by Crippen LogP contribution is 2.21. The van der Waals surface area contributed by atoms with E-state index in [1.807, 2.05) is 0 Å². The van der Waals surface area contributed by atoms with E-state index in [9.17, 15) is 4.39 Å². The maximum absolute atomic E-state index is 13.4. The van der Waals surface area contributed by atoms with Crippen LogP contribution in [0.15, 0.2) is 41.0 Å². The molecule has 0 amide bonds. The Morgan fingerprint density at radius 3 is 2.88 bits per heavy atom. The van der Waals surface area contributed by atoms with Gasteiger partial charge in [0.25, 0.3) is 0 Å². The summed E-state index contributed by atoms with van der Waals surface area (Å²) in [5.74, 6) is 0.339. The summed E-state index contributed by atoms with van der Waals surface area (Å²) in [6.07, 6.45) is 1.91. The van der Waals surface area contributed by atoms with Crippen LogP contribution in [0.2, 0.25) is 5.02 Å². The van der Waals surface area contributed by atoms with Crippen molar-refractivity contribution in [3.63, 3.8) is 0 Å². The van der Waals surface area contributed by atoms with Crippen LogP contribution in [-0.2, 0) is 6.42 Å². The number of rotatable bonds is 3. The third kappa shape index (κ3) is 2.43. The lowest BCUT2D eigenvalue weighted by Crippen LogP contribution is -2.13. The van der Waals surface area contributed by atoms with Crippen LogP contribution < -0.4 is 5.73 Å². The summed E-state index contributed by atoms with van der Waals surface area (Å²) in [7, 11) is 0. The number of nitrogens with two attached hydrogens (primary N) is 1. The molecule has 0 fully saturated rings. The van der Waals surface area contributed by atoms with Gasteiger partial charge in [0.2, 0.25) is 0 Å². The monoisotopic (exact) mass is 239 g/mol. The Bertz CT molecular complexity index is 470. The smallest absolute Gasteiger partial charge is 0.126 e. The van der Waals surface area contributed by atoms with Gasteiger partial charge in [-0.25, -0.2) is 4.39 Å². The molecule has 2 rings (SSSR count). The molecule has 1 aromatic carbocycles. The molecule has 2 nitrogen and oxygen atoms in total. The summed E-state index contributed by atoms with van der Waals surface area (Å²) >= 11 is 5.79. The molecule has 4 heteroatoms. The molecule has 84 valence electrons. The fourth-order valence-electron chi connectivity index (χ4n) is 1.54. The van der Waals surface area contributed by atoms with E-state index in [1.165, 1.54) is 12.1 Å². The van der Waals surface area contributed by atoms with Crippen LogP contribution in [0.5, 0.6) is 0 Å². The topological polar surface area (TPSA) is 39.2 Å². The van der Waals surface area contributed by atoms with Gasteiger partial charge in [-0.3, -0.25) is 0 Å². The van der Waals surface area contributed by atoms with Crippen molar-refractivity contribution in [1.82, 2.24) is 0 Å². The molecule has 0 bridgehead atoms. The Hall–Kier alpha value is -1.32. The van der Waals surface area contributed by atoms with Crippen LogP contribution in [0.4, 0.5) is 4.39 Å². The van der Waals surface area contributed by atoms with E-state index in [-0.39, 0.29) is 11.9 Å². The van der Waals surface area contributed by atoms with Crippen molar-refractivity contribution in [1.29, 1.82) is 0 Å².